The Balaban J connectivity index is 1.41. The molecule has 1 aromatic rings. The zero-order valence-corrected chi connectivity index (χ0v) is 14.0. The Hall–Kier alpha value is -1.55. The second kappa shape index (κ2) is 7.82. The van der Waals surface area contributed by atoms with Gasteiger partial charge in [-0.15, -0.1) is 0 Å². The molecule has 0 aliphatic heterocycles. The molecule has 4 heteroatoms. The van der Waals surface area contributed by atoms with E-state index in [9.17, 15) is 4.79 Å². The average Bonchev–Trinajstić information content (AvgIpc) is 3.44. The van der Waals surface area contributed by atoms with Crippen molar-refractivity contribution in [2.75, 3.05) is 20.2 Å². The van der Waals surface area contributed by atoms with Crippen LogP contribution in [-0.2, 0) is 0 Å². The van der Waals surface area contributed by atoms with Crippen LogP contribution < -0.4 is 15.4 Å². The topological polar surface area (TPSA) is 50.4 Å². The Bertz CT molecular complexity index is 528. The van der Waals surface area contributed by atoms with Gasteiger partial charge in [0, 0.05) is 24.7 Å². The Morgan fingerprint density at radius 2 is 2.00 bits per heavy atom. The summed E-state index contributed by atoms with van der Waals surface area (Å²) in [6.45, 7) is 1.52. The summed E-state index contributed by atoms with van der Waals surface area (Å²) in [5.41, 5.74) is 0.651. The van der Waals surface area contributed by atoms with Gasteiger partial charge < -0.3 is 15.4 Å². The Morgan fingerprint density at radius 3 is 2.78 bits per heavy atom. The first-order chi connectivity index (χ1) is 11.3. The minimum atomic E-state index is -0.0342. The molecule has 0 spiro atoms. The van der Waals surface area contributed by atoms with Crippen molar-refractivity contribution >= 4 is 5.91 Å². The Morgan fingerprint density at radius 1 is 1.17 bits per heavy atom. The van der Waals surface area contributed by atoms with Crippen molar-refractivity contribution in [3.05, 3.63) is 29.8 Å². The fourth-order valence-corrected chi connectivity index (χ4v) is 3.80. The summed E-state index contributed by atoms with van der Waals surface area (Å²) >= 11 is 0. The predicted octanol–water partition coefficient (Wildman–Crippen LogP) is 2.98. The third-order valence-electron chi connectivity index (χ3n) is 5.20. The van der Waals surface area contributed by atoms with Crippen LogP contribution in [0.1, 0.15) is 48.9 Å². The second-order valence-corrected chi connectivity index (χ2v) is 6.83. The quantitative estimate of drug-likeness (QED) is 0.760. The van der Waals surface area contributed by atoms with E-state index in [2.05, 4.69) is 10.6 Å². The van der Waals surface area contributed by atoms with Crippen LogP contribution in [-0.4, -0.2) is 32.1 Å². The third-order valence-corrected chi connectivity index (χ3v) is 5.20. The van der Waals surface area contributed by atoms with Gasteiger partial charge in [0.15, 0.2) is 0 Å². The lowest BCUT2D eigenvalue weighted by Crippen LogP contribution is -2.43. The molecule has 3 rings (SSSR count). The normalized spacial score (nSPS) is 24.2. The van der Waals surface area contributed by atoms with Crippen LogP contribution in [0.15, 0.2) is 24.3 Å². The van der Waals surface area contributed by atoms with Gasteiger partial charge in [0.25, 0.3) is 5.91 Å². The van der Waals surface area contributed by atoms with E-state index in [1.807, 2.05) is 18.2 Å². The van der Waals surface area contributed by atoms with E-state index in [1.54, 1.807) is 13.2 Å². The number of rotatable bonds is 7. The summed E-state index contributed by atoms with van der Waals surface area (Å²) in [5, 5.41) is 6.68. The van der Waals surface area contributed by atoms with Gasteiger partial charge in [-0.05, 0) is 55.7 Å². The largest absolute Gasteiger partial charge is 0.497 e. The van der Waals surface area contributed by atoms with Gasteiger partial charge in [0.05, 0.1) is 7.11 Å². The summed E-state index contributed by atoms with van der Waals surface area (Å²) < 4.78 is 5.16. The van der Waals surface area contributed by atoms with E-state index >= 15 is 0 Å². The van der Waals surface area contributed by atoms with Crippen LogP contribution in [0.2, 0.25) is 0 Å². The predicted molar refractivity (Wildman–Crippen MR) is 91.8 cm³/mol. The van der Waals surface area contributed by atoms with Gasteiger partial charge >= 0.3 is 0 Å². The molecule has 23 heavy (non-hydrogen) atoms. The zero-order chi connectivity index (χ0) is 16.1. The van der Waals surface area contributed by atoms with Crippen LogP contribution in [0.4, 0.5) is 0 Å². The number of hydrogen-bond acceptors (Lipinski definition) is 3. The number of nitrogens with one attached hydrogen (secondary N) is 2. The SMILES string of the molecule is COc1cccc(C(=O)NCCNC2CCCCC2C2CC2)c1. The number of ether oxygens (including phenoxy) is 1. The molecule has 0 saturated heterocycles. The maximum absolute atomic E-state index is 12.2. The minimum Gasteiger partial charge on any atom is -0.497 e. The Labute approximate surface area is 139 Å². The maximum atomic E-state index is 12.2. The first kappa shape index (κ1) is 16.3. The molecule has 2 aliphatic carbocycles. The number of hydrogen-bond donors (Lipinski definition) is 2. The molecule has 0 bridgehead atoms. The first-order valence-electron chi connectivity index (χ1n) is 8.93. The molecule has 0 heterocycles. The lowest BCUT2D eigenvalue weighted by atomic mass is 9.81. The van der Waals surface area contributed by atoms with E-state index in [1.165, 1.54) is 38.5 Å². The van der Waals surface area contributed by atoms with Crippen LogP contribution in [0.5, 0.6) is 5.75 Å². The molecule has 0 radical (unpaired) electrons. The van der Waals surface area contributed by atoms with E-state index in [0.717, 1.165) is 18.4 Å². The number of carbonyl (C=O) groups excluding carboxylic acids is 1. The van der Waals surface area contributed by atoms with Gasteiger partial charge in [-0.3, -0.25) is 4.79 Å². The van der Waals surface area contributed by atoms with Gasteiger partial charge in [0.1, 0.15) is 5.75 Å². The van der Waals surface area contributed by atoms with Crippen molar-refractivity contribution in [2.45, 2.75) is 44.6 Å². The second-order valence-electron chi connectivity index (χ2n) is 6.83. The number of benzene rings is 1. The molecular formula is C19H28N2O2. The fourth-order valence-electron chi connectivity index (χ4n) is 3.80. The highest BCUT2D eigenvalue weighted by Gasteiger charge is 2.37. The Kier molecular flexibility index (Phi) is 5.55. The molecule has 2 N–H and O–H groups in total. The lowest BCUT2D eigenvalue weighted by Gasteiger charge is -2.32. The van der Waals surface area contributed by atoms with E-state index in [0.29, 0.717) is 23.9 Å². The van der Waals surface area contributed by atoms with Gasteiger partial charge in [-0.1, -0.05) is 18.9 Å². The lowest BCUT2D eigenvalue weighted by molar-refractivity contribution is 0.0952. The molecule has 2 fully saturated rings. The minimum absolute atomic E-state index is 0.0342. The monoisotopic (exact) mass is 316 g/mol. The van der Waals surface area contributed by atoms with E-state index in [4.69, 9.17) is 4.74 Å². The van der Waals surface area contributed by atoms with Crippen LogP contribution in [0.25, 0.3) is 0 Å². The van der Waals surface area contributed by atoms with Gasteiger partial charge in [0.2, 0.25) is 0 Å². The summed E-state index contributed by atoms with van der Waals surface area (Å²) in [6, 6.07) is 7.93. The molecule has 126 valence electrons. The number of carbonyl (C=O) groups is 1. The fraction of sp³-hybridized carbons (Fsp3) is 0.632. The molecule has 1 amide bonds. The molecule has 0 aromatic heterocycles. The molecule has 1 aromatic carbocycles. The van der Waals surface area contributed by atoms with Crippen molar-refractivity contribution in [3.63, 3.8) is 0 Å². The zero-order valence-electron chi connectivity index (χ0n) is 14.0. The maximum Gasteiger partial charge on any atom is 0.251 e. The summed E-state index contributed by atoms with van der Waals surface area (Å²) in [5.74, 6) is 2.52. The summed E-state index contributed by atoms with van der Waals surface area (Å²) in [4.78, 5) is 12.2. The smallest absolute Gasteiger partial charge is 0.251 e. The van der Waals surface area contributed by atoms with Crippen molar-refractivity contribution in [1.29, 1.82) is 0 Å². The summed E-state index contributed by atoms with van der Waals surface area (Å²) in [6.07, 6.45) is 8.28. The van der Waals surface area contributed by atoms with Crippen LogP contribution >= 0.6 is 0 Å². The summed E-state index contributed by atoms with van der Waals surface area (Å²) in [7, 11) is 1.61. The standard InChI is InChI=1S/C19H28N2O2/c1-23-16-6-4-5-15(13-16)19(22)21-12-11-20-18-8-3-2-7-17(18)14-9-10-14/h4-6,13-14,17-18,20H,2-3,7-12H2,1H3,(H,21,22). The molecule has 4 nitrogen and oxygen atoms in total. The van der Waals surface area contributed by atoms with E-state index in [-0.39, 0.29) is 5.91 Å². The first-order valence-corrected chi connectivity index (χ1v) is 8.93. The molecule has 2 saturated carbocycles. The highest BCUT2D eigenvalue weighted by molar-refractivity contribution is 5.94. The number of methoxy groups -OCH3 is 1. The van der Waals surface area contributed by atoms with Gasteiger partial charge in [-0.25, -0.2) is 0 Å². The number of amides is 1. The van der Waals surface area contributed by atoms with Crippen molar-refractivity contribution in [2.24, 2.45) is 11.8 Å². The average molecular weight is 316 g/mol. The molecule has 2 aliphatic rings. The highest BCUT2D eigenvalue weighted by Crippen LogP contribution is 2.43. The van der Waals surface area contributed by atoms with Crippen LogP contribution in [0, 0.1) is 11.8 Å². The molecule has 2 unspecified atom stereocenters. The van der Waals surface area contributed by atoms with Crippen molar-refractivity contribution in [3.8, 4) is 5.75 Å². The van der Waals surface area contributed by atoms with Crippen LogP contribution in [0.3, 0.4) is 0 Å². The molecule has 2 atom stereocenters. The van der Waals surface area contributed by atoms with Crippen molar-refractivity contribution in [1.82, 2.24) is 10.6 Å². The van der Waals surface area contributed by atoms with Gasteiger partial charge in [-0.2, -0.15) is 0 Å². The molecular weight excluding hydrogens is 288 g/mol. The van der Waals surface area contributed by atoms with E-state index < -0.39 is 0 Å². The highest BCUT2D eigenvalue weighted by atomic mass is 16.5. The van der Waals surface area contributed by atoms with Crippen molar-refractivity contribution < 1.29 is 9.53 Å². The third kappa shape index (κ3) is 4.47.